The maximum atomic E-state index is 12.1. The molecule has 3 aliphatic rings. The molecule has 2 heteroatoms. The second-order valence-electron chi connectivity index (χ2n) is 6.40. The van der Waals surface area contributed by atoms with Crippen molar-refractivity contribution in [3.05, 3.63) is 0 Å². The highest BCUT2D eigenvalue weighted by atomic mass is 16.1. The molecule has 96 valence electrons. The van der Waals surface area contributed by atoms with Crippen molar-refractivity contribution in [3.8, 4) is 0 Å². The Labute approximate surface area is 105 Å². The monoisotopic (exact) mass is 235 g/mol. The predicted octanol–water partition coefficient (Wildman–Crippen LogP) is 3.06. The fourth-order valence-electron chi connectivity index (χ4n) is 3.68. The van der Waals surface area contributed by atoms with Gasteiger partial charge in [-0.05, 0) is 43.9 Å². The fraction of sp³-hybridized carbons (Fsp3) is 0.933. The summed E-state index contributed by atoms with van der Waals surface area (Å²) < 4.78 is 0. The summed E-state index contributed by atoms with van der Waals surface area (Å²) >= 11 is 0. The van der Waals surface area contributed by atoms with Gasteiger partial charge in [-0.15, -0.1) is 0 Å². The van der Waals surface area contributed by atoms with Gasteiger partial charge >= 0.3 is 0 Å². The average molecular weight is 235 g/mol. The van der Waals surface area contributed by atoms with Gasteiger partial charge in [-0.2, -0.15) is 0 Å². The summed E-state index contributed by atoms with van der Waals surface area (Å²) in [6.07, 6.45) is 12.6. The Morgan fingerprint density at radius 1 is 1.00 bits per heavy atom. The van der Waals surface area contributed by atoms with Crippen LogP contribution in [0.5, 0.6) is 0 Å². The lowest BCUT2D eigenvalue weighted by Crippen LogP contribution is -2.52. The molecule has 0 amide bonds. The third-order valence-corrected chi connectivity index (χ3v) is 5.04. The highest BCUT2D eigenvalue weighted by molar-refractivity contribution is 5.84. The summed E-state index contributed by atoms with van der Waals surface area (Å²) in [5, 5.41) is 3.65. The van der Waals surface area contributed by atoms with E-state index < -0.39 is 0 Å². The number of piperidine rings is 1. The van der Waals surface area contributed by atoms with Gasteiger partial charge < -0.3 is 5.32 Å². The van der Waals surface area contributed by atoms with Crippen molar-refractivity contribution in [2.75, 3.05) is 0 Å². The maximum absolute atomic E-state index is 12.1. The number of Topliss-reactive ketones (excluding diaryl/α,β-unsaturated/α-hetero) is 1. The molecule has 2 nitrogen and oxygen atoms in total. The van der Waals surface area contributed by atoms with E-state index in [4.69, 9.17) is 0 Å². The maximum Gasteiger partial charge on any atom is 0.149 e. The molecule has 0 spiro atoms. The van der Waals surface area contributed by atoms with Crippen molar-refractivity contribution in [3.63, 3.8) is 0 Å². The summed E-state index contributed by atoms with van der Waals surface area (Å²) in [7, 11) is 0. The van der Waals surface area contributed by atoms with Gasteiger partial charge in [0.15, 0.2) is 0 Å². The molecule has 0 aromatic carbocycles. The van der Waals surface area contributed by atoms with Gasteiger partial charge in [0.2, 0.25) is 0 Å². The van der Waals surface area contributed by atoms with Crippen molar-refractivity contribution in [2.45, 2.75) is 76.3 Å². The van der Waals surface area contributed by atoms with E-state index >= 15 is 0 Å². The standard InChI is InChI=1S/C15H25NO/c17-15(10-7-11-5-6-11)14-9-8-12-3-1-2-4-13(12)16-14/h11-14,16H,1-10H2. The number of rotatable bonds is 4. The third kappa shape index (κ3) is 2.90. The van der Waals surface area contributed by atoms with Gasteiger partial charge in [0, 0.05) is 12.5 Å². The smallest absolute Gasteiger partial charge is 0.149 e. The lowest BCUT2D eigenvalue weighted by atomic mass is 9.77. The van der Waals surface area contributed by atoms with Gasteiger partial charge in [-0.3, -0.25) is 4.79 Å². The summed E-state index contributed by atoms with van der Waals surface area (Å²) in [6.45, 7) is 0. The van der Waals surface area contributed by atoms with Crippen molar-refractivity contribution in [1.29, 1.82) is 0 Å². The Bertz CT molecular complexity index is 285. The Kier molecular flexibility index (Phi) is 3.51. The molecule has 2 saturated carbocycles. The molecule has 2 aliphatic carbocycles. The molecule has 1 saturated heterocycles. The third-order valence-electron chi connectivity index (χ3n) is 5.04. The van der Waals surface area contributed by atoms with Crippen LogP contribution in [-0.2, 0) is 4.79 Å². The van der Waals surface area contributed by atoms with E-state index in [0.717, 1.165) is 31.1 Å². The molecule has 3 rings (SSSR count). The van der Waals surface area contributed by atoms with Gasteiger partial charge in [0.1, 0.15) is 5.78 Å². The summed E-state index contributed by atoms with van der Waals surface area (Å²) in [4.78, 5) is 12.1. The molecule has 3 atom stereocenters. The molecular formula is C15H25NO. The highest BCUT2D eigenvalue weighted by Crippen LogP contribution is 2.35. The molecule has 3 unspecified atom stereocenters. The van der Waals surface area contributed by atoms with E-state index in [-0.39, 0.29) is 6.04 Å². The number of hydrogen-bond donors (Lipinski definition) is 1. The number of carbonyl (C=O) groups is 1. The topological polar surface area (TPSA) is 29.1 Å². The van der Waals surface area contributed by atoms with Crippen LogP contribution in [-0.4, -0.2) is 17.9 Å². The number of fused-ring (bicyclic) bond motifs is 1. The minimum Gasteiger partial charge on any atom is -0.304 e. The summed E-state index contributed by atoms with van der Waals surface area (Å²) in [5.74, 6) is 2.27. The first kappa shape index (κ1) is 11.7. The second-order valence-corrected chi connectivity index (χ2v) is 6.40. The van der Waals surface area contributed by atoms with Crippen LogP contribution in [0.2, 0.25) is 0 Å². The molecule has 17 heavy (non-hydrogen) atoms. The molecular weight excluding hydrogens is 210 g/mol. The molecule has 1 N–H and O–H groups in total. The van der Waals surface area contributed by atoms with E-state index in [0.29, 0.717) is 11.8 Å². The number of nitrogens with one attached hydrogen (secondary N) is 1. The summed E-state index contributed by atoms with van der Waals surface area (Å²) in [5.41, 5.74) is 0. The molecule has 1 heterocycles. The van der Waals surface area contributed by atoms with Crippen LogP contribution >= 0.6 is 0 Å². The van der Waals surface area contributed by atoms with Crippen LogP contribution in [0.25, 0.3) is 0 Å². The Morgan fingerprint density at radius 3 is 2.65 bits per heavy atom. The molecule has 3 fully saturated rings. The van der Waals surface area contributed by atoms with Gasteiger partial charge in [0.05, 0.1) is 6.04 Å². The first-order valence-corrected chi connectivity index (χ1v) is 7.61. The van der Waals surface area contributed by atoms with E-state index in [9.17, 15) is 4.79 Å². The Balaban J connectivity index is 1.48. The number of ketones is 1. The van der Waals surface area contributed by atoms with E-state index in [1.54, 1.807) is 0 Å². The Hall–Kier alpha value is -0.370. The second kappa shape index (κ2) is 5.09. The zero-order chi connectivity index (χ0) is 11.7. The van der Waals surface area contributed by atoms with Crippen LogP contribution < -0.4 is 5.32 Å². The van der Waals surface area contributed by atoms with Crippen LogP contribution in [0.4, 0.5) is 0 Å². The van der Waals surface area contributed by atoms with Crippen LogP contribution in [0, 0.1) is 11.8 Å². The van der Waals surface area contributed by atoms with Crippen molar-refractivity contribution < 1.29 is 4.79 Å². The van der Waals surface area contributed by atoms with Crippen LogP contribution in [0.15, 0.2) is 0 Å². The fourth-order valence-corrected chi connectivity index (χ4v) is 3.68. The average Bonchev–Trinajstić information content (AvgIpc) is 3.19. The molecule has 1 aliphatic heterocycles. The minimum atomic E-state index is 0.202. The van der Waals surface area contributed by atoms with Crippen molar-refractivity contribution in [1.82, 2.24) is 5.32 Å². The van der Waals surface area contributed by atoms with Gasteiger partial charge in [-0.25, -0.2) is 0 Å². The normalized spacial score (nSPS) is 37.5. The molecule has 0 bridgehead atoms. The minimum absolute atomic E-state index is 0.202. The zero-order valence-corrected chi connectivity index (χ0v) is 10.8. The molecule has 0 aromatic heterocycles. The van der Waals surface area contributed by atoms with Gasteiger partial charge in [-0.1, -0.05) is 25.7 Å². The van der Waals surface area contributed by atoms with E-state index in [1.807, 2.05) is 0 Å². The first-order valence-electron chi connectivity index (χ1n) is 7.61. The number of hydrogen-bond acceptors (Lipinski definition) is 2. The predicted molar refractivity (Wildman–Crippen MR) is 68.9 cm³/mol. The number of carbonyl (C=O) groups excluding carboxylic acids is 1. The highest BCUT2D eigenvalue weighted by Gasteiger charge is 2.34. The summed E-state index contributed by atoms with van der Waals surface area (Å²) in [6, 6.07) is 0.862. The first-order chi connectivity index (χ1) is 8.33. The van der Waals surface area contributed by atoms with Crippen molar-refractivity contribution in [2.24, 2.45) is 11.8 Å². The largest absolute Gasteiger partial charge is 0.304 e. The quantitative estimate of drug-likeness (QED) is 0.811. The lowest BCUT2D eigenvalue weighted by Gasteiger charge is -2.40. The van der Waals surface area contributed by atoms with Crippen LogP contribution in [0.3, 0.4) is 0 Å². The molecule has 0 aromatic rings. The zero-order valence-electron chi connectivity index (χ0n) is 10.8. The van der Waals surface area contributed by atoms with E-state index in [2.05, 4.69) is 5.32 Å². The van der Waals surface area contributed by atoms with Crippen LogP contribution in [0.1, 0.15) is 64.2 Å². The van der Waals surface area contributed by atoms with Crippen molar-refractivity contribution >= 4 is 5.78 Å². The van der Waals surface area contributed by atoms with E-state index in [1.165, 1.54) is 44.9 Å². The van der Waals surface area contributed by atoms with Gasteiger partial charge in [0.25, 0.3) is 0 Å². The molecule has 0 radical (unpaired) electrons. The lowest BCUT2D eigenvalue weighted by molar-refractivity contribution is -0.122. The Morgan fingerprint density at radius 2 is 1.82 bits per heavy atom. The SMILES string of the molecule is O=C(CCC1CC1)C1CCC2CCCCC2N1.